The Morgan fingerprint density at radius 2 is 1.83 bits per heavy atom. The molecular formula is C17H18ClN3O2. The van der Waals surface area contributed by atoms with Gasteiger partial charge in [-0.2, -0.15) is 0 Å². The van der Waals surface area contributed by atoms with Crippen molar-refractivity contribution in [2.75, 3.05) is 11.9 Å². The van der Waals surface area contributed by atoms with E-state index in [2.05, 4.69) is 16.2 Å². The molecule has 0 heterocycles. The molecule has 5 nitrogen and oxygen atoms in total. The maximum atomic E-state index is 11.9. The minimum absolute atomic E-state index is 0.0553. The van der Waals surface area contributed by atoms with Gasteiger partial charge in [0.05, 0.1) is 6.54 Å². The SMILES string of the molecule is Cc1ccc(NCC(=O)NNC(=O)c2cccc(Cl)c2)c(C)c1. The molecule has 3 N–H and O–H groups in total. The molecule has 6 heteroatoms. The van der Waals surface area contributed by atoms with Gasteiger partial charge in [0.25, 0.3) is 11.8 Å². The molecule has 2 amide bonds. The summed E-state index contributed by atoms with van der Waals surface area (Å²) >= 11 is 5.82. The molecule has 0 radical (unpaired) electrons. The summed E-state index contributed by atoms with van der Waals surface area (Å²) in [6.45, 7) is 4.03. The van der Waals surface area contributed by atoms with E-state index in [-0.39, 0.29) is 12.5 Å². The van der Waals surface area contributed by atoms with Crippen LogP contribution in [0, 0.1) is 13.8 Å². The first kappa shape index (κ1) is 16.8. The van der Waals surface area contributed by atoms with Crippen LogP contribution in [0.1, 0.15) is 21.5 Å². The second-order valence-corrected chi connectivity index (χ2v) is 5.62. The maximum Gasteiger partial charge on any atom is 0.269 e. The van der Waals surface area contributed by atoms with Gasteiger partial charge in [-0.1, -0.05) is 35.4 Å². The predicted octanol–water partition coefficient (Wildman–Crippen LogP) is 2.83. The average molecular weight is 332 g/mol. The Labute approximate surface area is 140 Å². The number of halogens is 1. The summed E-state index contributed by atoms with van der Waals surface area (Å²) in [5, 5.41) is 3.49. The summed E-state index contributed by atoms with van der Waals surface area (Å²) in [4.78, 5) is 23.6. The van der Waals surface area contributed by atoms with Gasteiger partial charge in [-0.15, -0.1) is 0 Å². The quantitative estimate of drug-likeness (QED) is 0.754. The van der Waals surface area contributed by atoms with Crippen molar-refractivity contribution >= 4 is 29.1 Å². The first-order chi connectivity index (χ1) is 11.0. The van der Waals surface area contributed by atoms with E-state index in [0.29, 0.717) is 10.6 Å². The van der Waals surface area contributed by atoms with Crippen LogP contribution in [0.15, 0.2) is 42.5 Å². The third-order valence-corrected chi connectivity index (χ3v) is 3.46. The molecule has 0 fully saturated rings. The van der Waals surface area contributed by atoms with Crippen molar-refractivity contribution in [1.82, 2.24) is 10.9 Å². The van der Waals surface area contributed by atoms with Crippen LogP contribution >= 0.6 is 11.6 Å². The number of hydrazine groups is 1. The second kappa shape index (κ2) is 7.65. The molecule has 23 heavy (non-hydrogen) atoms. The first-order valence-electron chi connectivity index (χ1n) is 7.11. The summed E-state index contributed by atoms with van der Waals surface area (Å²) in [6.07, 6.45) is 0. The Balaban J connectivity index is 1.82. The standard InChI is InChI=1S/C17H18ClN3O2/c1-11-6-7-15(12(2)8-11)19-10-16(22)20-21-17(23)13-4-3-5-14(18)9-13/h3-9,19H,10H2,1-2H3,(H,20,22)(H,21,23). The van der Waals surface area contributed by atoms with E-state index >= 15 is 0 Å². The molecule has 2 aromatic carbocycles. The smallest absolute Gasteiger partial charge is 0.269 e. The number of anilines is 1. The third-order valence-electron chi connectivity index (χ3n) is 3.22. The monoisotopic (exact) mass is 331 g/mol. The zero-order chi connectivity index (χ0) is 16.8. The van der Waals surface area contributed by atoms with Crippen molar-refractivity contribution in [1.29, 1.82) is 0 Å². The molecule has 0 atom stereocenters. The highest BCUT2D eigenvalue weighted by molar-refractivity contribution is 6.30. The van der Waals surface area contributed by atoms with Gasteiger partial charge in [0, 0.05) is 16.3 Å². The number of hydrogen-bond acceptors (Lipinski definition) is 3. The van der Waals surface area contributed by atoms with Crippen LogP contribution in [0.25, 0.3) is 0 Å². The number of carbonyl (C=O) groups excluding carboxylic acids is 2. The molecule has 2 aromatic rings. The Bertz CT molecular complexity index is 732. The minimum Gasteiger partial charge on any atom is -0.376 e. The third kappa shape index (κ3) is 5.00. The molecule has 0 spiro atoms. The van der Waals surface area contributed by atoms with E-state index in [1.54, 1.807) is 18.2 Å². The highest BCUT2D eigenvalue weighted by atomic mass is 35.5. The summed E-state index contributed by atoms with van der Waals surface area (Å²) in [5.74, 6) is -0.771. The van der Waals surface area contributed by atoms with Crippen LogP contribution in [0.4, 0.5) is 5.69 Å². The summed E-state index contributed by atoms with van der Waals surface area (Å²) < 4.78 is 0. The largest absolute Gasteiger partial charge is 0.376 e. The molecule has 120 valence electrons. The van der Waals surface area contributed by atoms with Crippen LogP contribution in [-0.2, 0) is 4.79 Å². The number of benzene rings is 2. The van der Waals surface area contributed by atoms with Gasteiger partial charge in [-0.05, 0) is 43.7 Å². The normalized spacial score (nSPS) is 10.0. The molecule has 0 aliphatic rings. The number of hydrogen-bond donors (Lipinski definition) is 3. The average Bonchev–Trinajstić information content (AvgIpc) is 2.51. The van der Waals surface area contributed by atoms with E-state index in [1.165, 1.54) is 6.07 Å². The maximum absolute atomic E-state index is 11.9. The van der Waals surface area contributed by atoms with E-state index in [1.807, 2.05) is 32.0 Å². The number of aryl methyl sites for hydroxylation is 2. The van der Waals surface area contributed by atoms with Crippen LogP contribution in [0.5, 0.6) is 0 Å². The highest BCUT2D eigenvalue weighted by Gasteiger charge is 2.08. The lowest BCUT2D eigenvalue weighted by molar-refractivity contribution is -0.120. The van der Waals surface area contributed by atoms with Gasteiger partial charge in [-0.3, -0.25) is 20.4 Å². The van der Waals surface area contributed by atoms with E-state index < -0.39 is 5.91 Å². The number of carbonyl (C=O) groups is 2. The van der Waals surface area contributed by atoms with Crippen LogP contribution < -0.4 is 16.2 Å². The van der Waals surface area contributed by atoms with Gasteiger partial charge in [0.15, 0.2) is 0 Å². The van der Waals surface area contributed by atoms with Crippen molar-refractivity contribution in [3.05, 3.63) is 64.2 Å². The van der Waals surface area contributed by atoms with E-state index in [4.69, 9.17) is 11.6 Å². The van der Waals surface area contributed by atoms with Gasteiger partial charge < -0.3 is 5.32 Å². The number of nitrogens with one attached hydrogen (secondary N) is 3. The molecule has 0 saturated carbocycles. The number of amides is 2. The molecule has 0 aliphatic heterocycles. The van der Waals surface area contributed by atoms with Crippen molar-refractivity contribution in [2.24, 2.45) is 0 Å². The summed E-state index contributed by atoms with van der Waals surface area (Å²) in [7, 11) is 0. The van der Waals surface area contributed by atoms with Gasteiger partial charge >= 0.3 is 0 Å². The topological polar surface area (TPSA) is 70.2 Å². The van der Waals surface area contributed by atoms with Crippen molar-refractivity contribution in [3.63, 3.8) is 0 Å². The zero-order valence-corrected chi connectivity index (χ0v) is 13.7. The molecule has 0 bridgehead atoms. The lowest BCUT2D eigenvalue weighted by Gasteiger charge is -2.11. The fourth-order valence-electron chi connectivity index (χ4n) is 2.06. The molecule has 0 saturated heterocycles. The van der Waals surface area contributed by atoms with E-state index in [0.717, 1.165) is 16.8 Å². The highest BCUT2D eigenvalue weighted by Crippen LogP contribution is 2.15. The molecule has 0 aliphatic carbocycles. The summed E-state index contributed by atoms with van der Waals surface area (Å²) in [5.41, 5.74) is 8.18. The Hall–Kier alpha value is -2.53. The Morgan fingerprint density at radius 1 is 1.04 bits per heavy atom. The fourth-order valence-corrected chi connectivity index (χ4v) is 2.25. The molecule has 0 aromatic heterocycles. The van der Waals surface area contributed by atoms with Gasteiger partial charge in [0.2, 0.25) is 0 Å². The van der Waals surface area contributed by atoms with Crippen molar-refractivity contribution < 1.29 is 9.59 Å². The predicted molar refractivity (Wildman–Crippen MR) is 91.5 cm³/mol. The minimum atomic E-state index is -0.424. The van der Waals surface area contributed by atoms with Gasteiger partial charge in [-0.25, -0.2) is 0 Å². The van der Waals surface area contributed by atoms with Crippen LogP contribution in [0.2, 0.25) is 5.02 Å². The first-order valence-corrected chi connectivity index (χ1v) is 7.49. The van der Waals surface area contributed by atoms with Crippen LogP contribution in [0.3, 0.4) is 0 Å². The molecule has 0 unspecified atom stereocenters. The van der Waals surface area contributed by atoms with Gasteiger partial charge in [0.1, 0.15) is 0 Å². The van der Waals surface area contributed by atoms with Crippen molar-refractivity contribution in [3.8, 4) is 0 Å². The van der Waals surface area contributed by atoms with Crippen LogP contribution in [-0.4, -0.2) is 18.4 Å². The lowest BCUT2D eigenvalue weighted by atomic mass is 10.1. The van der Waals surface area contributed by atoms with E-state index in [9.17, 15) is 9.59 Å². The zero-order valence-electron chi connectivity index (χ0n) is 12.9. The number of rotatable bonds is 4. The molecule has 2 rings (SSSR count). The Kier molecular flexibility index (Phi) is 5.60. The summed E-state index contributed by atoms with van der Waals surface area (Å²) in [6, 6.07) is 12.4. The fraction of sp³-hybridized carbons (Fsp3) is 0.176. The Morgan fingerprint density at radius 3 is 2.52 bits per heavy atom. The lowest BCUT2D eigenvalue weighted by Crippen LogP contribution is -2.44. The molecular weight excluding hydrogens is 314 g/mol. The second-order valence-electron chi connectivity index (χ2n) is 5.18. The van der Waals surface area contributed by atoms with Crippen molar-refractivity contribution in [2.45, 2.75) is 13.8 Å².